The van der Waals surface area contributed by atoms with Gasteiger partial charge in [-0.1, -0.05) is 6.07 Å². The number of halogens is 3. The standard InChI is InChI=1S/C19H18F3N4O/c1-11-4-5-14(10-15(11)19(20,21)22)26-17-16-12(6-8-24-18(16)27)9-13(25-17)3-2-7-23/h4-6,8-10H,2-3,7,23H2,1H3,(H,25,26). The van der Waals surface area contributed by atoms with Crippen LogP contribution in [0.4, 0.5) is 24.7 Å². The molecule has 1 aliphatic rings. The predicted molar refractivity (Wildman–Crippen MR) is 96.6 cm³/mol. The summed E-state index contributed by atoms with van der Waals surface area (Å²) in [6.07, 6.45) is -0.0958. The van der Waals surface area contributed by atoms with E-state index in [1.165, 1.54) is 25.3 Å². The molecule has 0 aliphatic carbocycles. The van der Waals surface area contributed by atoms with Crippen molar-refractivity contribution < 1.29 is 18.0 Å². The van der Waals surface area contributed by atoms with Gasteiger partial charge in [-0.05, 0) is 61.7 Å². The minimum atomic E-state index is -4.47. The van der Waals surface area contributed by atoms with Gasteiger partial charge < -0.3 is 11.1 Å². The molecule has 5 nitrogen and oxygen atoms in total. The van der Waals surface area contributed by atoms with Crippen LogP contribution in [0.2, 0.25) is 0 Å². The maximum atomic E-state index is 13.2. The Labute approximate surface area is 154 Å². The highest BCUT2D eigenvalue weighted by molar-refractivity contribution is 6.05. The summed E-state index contributed by atoms with van der Waals surface area (Å²) in [5.74, 6) is -0.300. The van der Waals surface area contributed by atoms with Gasteiger partial charge in [0, 0.05) is 17.6 Å². The minimum absolute atomic E-state index is 0.119. The Hall–Kier alpha value is -2.87. The number of aryl methyl sites for hydroxylation is 2. The van der Waals surface area contributed by atoms with Crippen LogP contribution in [0.15, 0.2) is 30.5 Å². The largest absolute Gasteiger partial charge is 0.416 e. The fourth-order valence-corrected chi connectivity index (χ4v) is 2.87. The monoisotopic (exact) mass is 375 g/mol. The zero-order chi connectivity index (χ0) is 19.6. The Morgan fingerprint density at radius 2 is 2.00 bits per heavy atom. The van der Waals surface area contributed by atoms with Crippen LogP contribution in [0.3, 0.4) is 0 Å². The van der Waals surface area contributed by atoms with E-state index < -0.39 is 17.6 Å². The molecule has 1 aromatic carbocycles. The molecule has 1 aliphatic heterocycles. The number of aromatic nitrogens is 1. The van der Waals surface area contributed by atoms with Gasteiger partial charge in [0.25, 0.3) is 5.91 Å². The van der Waals surface area contributed by atoms with Crippen molar-refractivity contribution in [1.82, 2.24) is 10.3 Å². The molecule has 0 spiro atoms. The van der Waals surface area contributed by atoms with E-state index in [2.05, 4.69) is 15.6 Å². The highest BCUT2D eigenvalue weighted by Gasteiger charge is 2.32. The van der Waals surface area contributed by atoms with Gasteiger partial charge in [0.2, 0.25) is 0 Å². The van der Waals surface area contributed by atoms with Crippen molar-refractivity contribution in [2.75, 3.05) is 11.9 Å². The minimum Gasteiger partial charge on any atom is -0.340 e. The number of benzene rings is 1. The van der Waals surface area contributed by atoms with Crippen LogP contribution in [-0.4, -0.2) is 17.4 Å². The molecule has 141 valence electrons. The Bertz CT molecular complexity index is 907. The summed E-state index contributed by atoms with van der Waals surface area (Å²) in [6, 6.07) is 5.68. The van der Waals surface area contributed by atoms with Gasteiger partial charge in [-0.15, -0.1) is 0 Å². The molecule has 0 unspecified atom stereocenters. The molecular formula is C19H18F3N4O. The maximum Gasteiger partial charge on any atom is 0.416 e. The number of nitrogens with one attached hydrogen (secondary N) is 1. The van der Waals surface area contributed by atoms with E-state index in [1.807, 2.05) is 0 Å². The predicted octanol–water partition coefficient (Wildman–Crippen LogP) is 3.77. The number of anilines is 2. The third kappa shape index (κ3) is 4.11. The van der Waals surface area contributed by atoms with Crippen molar-refractivity contribution in [1.29, 1.82) is 0 Å². The SMILES string of the molecule is Cc1ccc(Nc2nc(CCCN)cc3c2C(=O)[N]C=C3)cc1C(F)(F)F. The number of pyridine rings is 1. The molecule has 3 N–H and O–H groups in total. The third-order valence-corrected chi connectivity index (χ3v) is 4.21. The summed E-state index contributed by atoms with van der Waals surface area (Å²) < 4.78 is 39.5. The lowest BCUT2D eigenvalue weighted by atomic mass is 10.0. The summed E-state index contributed by atoms with van der Waals surface area (Å²) in [4.78, 5) is 16.6. The van der Waals surface area contributed by atoms with E-state index in [0.29, 0.717) is 30.6 Å². The summed E-state index contributed by atoms with van der Waals surface area (Å²) in [6.45, 7) is 1.88. The van der Waals surface area contributed by atoms with Gasteiger partial charge >= 0.3 is 6.18 Å². The third-order valence-electron chi connectivity index (χ3n) is 4.21. The second-order valence-corrected chi connectivity index (χ2v) is 6.22. The Balaban J connectivity index is 2.03. The molecular weight excluding hydrogens is 357 g/mol. The quantitative estimate of drug-likeness (QED) is 0.833. The number of rotatable bonds is 5. The van der Waals surface area contributed by atoms with Crippen molar-refractivity contribution in [2.45, 2.75) is 25.9 Å². The van der Waals surface area contributed by atoms with Crippen molar-refractivity contribution in [3.63, 3.8) is 0 Å². The zero-order valence-corrected chi connectivity index (χ0v) is 14.6. The van der Waals surface area contributed by atoms with Gasteiger partial charge in [0.05, 0.1) is 11.1 Å². The van der Waals surface area contributed by atoms with Gasteiger partial charge in [0.15, 0.2) is 0 Å². The summed E-state index contributed by atoms with van der Waals surface area (Å²) in [7, 11) is 0. The Morgan fingerprint density at radius 3 is 2.70 bits per heavy atom. The molecule has 2 aromatic rings. The van der Waals surface area contributed by atoms with E-state index in [4.69, 9.17) is 5.73 Å². The molecule has 1 aromatic heterocycles. The van der Waals surface area contributed by atoms with Crippen LogP contribution in [0, 0.1) is 6.92 Å². The molecule has 3 rings (SSSR count). The van der Waals surface area contributed by atoms with Gasteiger partial charge in [-0.3, -0.25) is 4.79 Å². The van der Waals surface area contributed by atoms with Crippen LogP contribution < -0.4 is 16.4 Å². The average molecular weight is 375 g/mol. The number of amides is 1. The zero-order valence-electron chi connectivity index (χ0n) is 14.6. The number of alkyl halides is 3. The second-order valence-electron chi connectivity index (χ2n) is 6.22. The summed E-state index contributed by atoms with van der Waals surface area (Å²) in [5, 5.41) is 6.60. The Kier molecular flexibility index (Phi) is 5.18. The fraction of sp³-hybridized carbons (Fsp3) is 0.263. The maximum absolute atomic E-state index is 13.2. The van der Waals surface area contributed by atoms with E-state index >= 15 is 0 Å². The van der Waals surface area contributed by atoms with Crippen molar-refractivity contribution >= 4 is 23.5 Å². The lowest BCUT2D eigenvalue weighted by molar-refractivity contribution is -0.138. The number of nitrogens with two attached hydrogens (primary N) is 1. The van der Waals surface area contributed by atoms with E-state index in [-0.39, 0.29) is 22.6 Å². The molecule has 8 heteroatoms. The number of nitrogens with zero attached hydrogens (tertiary/aromatic N) is 2. The lowest BCUT2D eigenvalue weighted by Gasteiger charge is -2.18. The van der Waals surface area contributed by atoms with Crippen LogP contribution in [0.5, 0.6) is 0 Å². The van der Waals surface area contributed by atoms with Crippen molar-refractivity contribution in [3.8, 4) is 0 Å². The highest BCUT2D eigenvalue weighted by atomic mass is 19.4. The number of hydrogen-bond acceptors (Lipinski definition) is 4. The second kappa shape index (κ2) is 7.40. The van der Waals surface area contributed by atoms with E-state index in [9.17, 15) is 18.0 Å². The first kappa shape index (κ1) is 18.9. The molecule has 0 saturated carbocycles. The molecule has 0 fully saturated rings. The van der Waals surface area contributed by atoms with Crippen molar-refractivity contribution in [3.05, 3.63) is 58.4 Å². The highest BCUT2D eigenvalue weighted by Crippen LogP contribution is 2.35. The molecule has 0 atom stereocenters. The van der Waals surface area contributed by atoms with E-state index in [0.717, 1.165) is 6.07 Å². The first-order valence-electron chi connectivity index (χ1n) is 8.40. The number of hydrogen-bond donors (Lipinski definition) is 2. The average Bonchev–Trinajstić information content (AvgIpc) is 2.60. The Morgan fingerprint density at radius 1 is 1.22 bits per heavy atom. The number of carbonyl (C=O) groups excluding carboxylic acids is 1. The van der Waals surface area contributed by atoms with Crippen LogP contribution in [0.1, 0.15) is 39.2 Å². The molecule has 1 radical (unpaired) electrons. The topological polar surface area (TPSA) is 82.1 Å². The molecule has 0 bridgehead atoms. The number of fused-ring (bicyclic) bond motifs is 1. The van der Waals surface area contributed by atoms with Gasteiger partial charge in [-0.25, -0.2) is 10.3 Å². The van der Waals surface area contributed by atoms with E-state index in [1.54, 1.807) is 12.1 Å². The molecule has 27 heavy (non-hydrogen) atoms. The first-order chi connectivity index (χ1) is 12.8. The summed E-state index contributed by atoms with van der Waals surface area (Å²) in [5.41, 5.74) is 6.68. The van der Waals surface area contributed by atoms with Gasteiger partial charge in [-0.2, -0.15) is 13.2 Å². The fourth-order valence-electron chi connectivity index (χ4n) is 2.87. The molecule has 1 amide bonds. The number of carbonyl (C=O) groups is 1. The van der Waals surface area contributed by atoms with Gasteiger partial charge in [0.1, 0.15) is 5.82 Å². The first-order valence-corrected chi connectivity index (χ1v) is 8.40. The smallest absolute Gasteiger partial charge is 0.340 e. The molecule has 0 saturated heterocycles. The normalized spacial score (nSPS) is 13.3. The lowest BCUT2D eigenvalue weighted by Crippen LogP contribution is -2.19. The van der Waals surface area contributed by atoms with Crippen molar-refractivity contribution in [2.24, 2.45) is 5.73 Å². The van der Waals surface area contributed by atoms with Crippen LogP contribution in [-0.2, 0) is 12.6 Å². The molecule has 2 heterocycles. The van der Waals surface area contributed by atoms with Crippen LogP contribution >= 0.6 is 0 Å². The summed E-state index contributed by atoms with van der Waals surface area (Å²) >= 11 is 0. The van der Waals surface area contributed by atoms with Crippen LogP contribution in [0.25, 0.3) is 6.08 Å².